The zero-order valence-electron chi connectivity index (χ0n) is 14.7. The first-order valence-electron chi connectivity index (χ1n) is 8.07. The molecule has 0 fully saturated rings. The lowest BCUT2D eigenvalue weighted by atomic mass is 10.2. The molecule has 3 aromatic rings. The van der Waals surface area contributed by atoms with Crippen LogP contribution in [0.3, 0.4) is 0 Å². The number of carbonyl (C=O) groups excluding carboxylic acids is 1. The molecular weight excluding hydrogens is 368 g/mol. The first kappa shape index (κ1) is 18.5. The van der Waals surface area contributed by atoms with Gasteiger partial charge in [0.1, 0.15) is 6.04 Å². The van der Waals surface area contributed by atoms with Crippen molar-refractivity contribution >= 4 is 27.6 Å². The number of aryl methyl sites for hydroxylation is 1. The van der Waals surface area contributed by atoms with E-state index in [0.717, 1.165) is 5.56 Å². The molecule has 27 heavy (non-hydrogen) atoms. The third-order valence-corrected chi connectivity index (χ3v) is 5.07. The van der Waals surface area contributed by atoms with Crippen molar-refractivity contribution in [1.82, 2.24) is 19.7 Å². The molecule has 2 aromatic heterocycles. The van der Waals surface area contributed by atoms with E-state index in [4.69, 9.17) is 0 Å². The number of sulfonamides is 1. The highest BCUT2D eigenvalue weighted by molar-refractivity contribution is 7.92. The first-order chi connectivity index (χ1) is 12.8. The zero-order valence-corrected chi connectivity index (χ0v) is 15.5. The lowest BCUT2D eigenvalue weighted by Gasteiger charge is -2.13. The van der Waals surface area contributed by atoms with E-state index in [1.165, 1.54) is 36.7 Å². The summed E-state index contributed by atoms with van der Waals surface area (Å²) < 4.78 is 28.5. The van der Waals surface area contributed by atoms with Crippen molar-refractivity contribution in [3.05, 3.63) is 60.7 Å². The summed E-state index contributed by atoms with van der Waals surface area (Å²) in [4.78, 5) is 20.0. The van der Waals surface area contributed by atoms with Gasteiger partial charge in [0, 0.05) is 24.3 Å². The van der Waals surface area contributed by atoms with Crippen molar-refractivity contribution in [1.29, 1.82) is 0 Å². The summed E-state index contributed by atoms with van der Waals surface area (Å²) in [5.41, 5.74) is 1.43. The Bertz CT molecular complexity index is 1030. The molecule has 0 aliphatic rings. The molecule has 0 aliphatic carbocycles. The Morgan fingerprint density at radius 2 is 1.81 bits per heavy atom. The number of benzene rings is 1. The van der Waals surface area contributed by atoms with Crippen molar-refractivity contribution in [3.8, 4) is 0 Å². The normalized spacial score (nSPS) is 12.4. The van der Waals surface area contributed by atoms with Gasteiger partial charge in [-0.3, -0.25) is 9.48 Å². The molecule has 1 unspecified atom stereocenters. The maximum atomic E-state index is 12.3. The van der Waals surface area contributed by atoms with Gasteiger partial charge in [-0.25, -0.2) is 23.1 Å². The summed E-state index contributed by atoms with van der Waals surface area (Å²) in [5, 5.41) is 6.86. The average Bonchev–Trinajstić information content (AvgIpc) is 3.08. The number of amides is 1. The number of nitrogens with zero attached hydrogens (tertiary/aromatic N) is 4. The number of aromatic nitrogens is 4. The molecule has 1 amide bonds. The zero-order chi connectivity index (χ0) is 19.4. The molecule has 10 heteroatoms. The molecule has 0 saturated heterocycles. The van der Waals surface area contributed by atoms with E-state index >= 15 is 0 Å². The van der Waals surface area contributed by atoms with Gasteiger partial charge in [0.15, 0.2) is 0 Å². The fourth-order valence-electron chi connectivity index (χ4n) is 2.26. The number of nitrogens with one attached hydrogen (secondary N) is 2. The van der Waals surface area contributed by atoms with E-state index in [9.17, 15) is 13.2 Å². The Balaban J connectivity index is 1.68. The van der Waals surface area contributed by atoms with E-state index in [1.54, 1.807) is 30.1 Å². The highest BCUT2D eigenvalue weighted by Crippen LogP contribution is 2.17. The van der Waals surface area contributed by atoms with Crippen LogP contribution in [0.15, 0.2) is 60.0 Å². The van der Waals surface area contributed by atoms with Crippen LogP contribution in [0.5, 0.6) is 0 Å². The molecule has 0 radical (unpaired) electrons. The number of hydrogen-bond acceptors (Lipinski definition) is 6. The third kappa shape index (κ3) is 4.47. The summed E-state index contributed by atoms with van der Waals surface area (Å²) in [6, 6.07) is 6.89. The van der Waals surface area contributed by atoms with Crippen LogP contribution in [0, 0.1) is 6.92 Å². The lowest BCUT2D eigenvalue weighted by molar-refractivity contribution is -0.119. The molecule has 3 rings (SSSR count). The number of anilines is 2. The van der Waals surface area contributed by atoms with E-state index < -0.39 is 16.1 Å². The lowest BCUT2D eigenvalue weighted by Crippen LogP contribution is -2.24. The first-order valence-corrected chi connectivity index (χ1v) is 9.55. The van der Waals surface area contributed by atoms with Crippen molar-refractivity contribution in [2.24, 2.45) is 0 Å². The van der Waals surface area contributed by atoms with Gasteiger partial charge in [-0.05, 0) is 49.7 Å². The molecule has 0 spiro atoms. The van der Waals surface area contributed by atoms with E-state index in [-0.39, 0.29) is 16.8 Å². The molecule has 0 aliphatic heterocycles. The van der Waals surface area contributed by atoms with Gasteiger partial charge in [0.25, 0.3) is 10.0 Å². The van der Waals surface area contributed by atoms with E-state index in [1.807, 2.05) is 6.92 Å². The quantitative estimate of drug-likeness (QED) is 0.669. The Morgan fingerprint density at radius 1 is 1.15 bits per heavy atom. The number of hydrogen-bond donors (Lipinski definition) is 2. The second kappa shape index (κ2) is 7.54. The van der Waals surface area contributed by atoms with Gasteiger partial charge >= 0.3 is 0 Å². The van der Waals surface area contributed by atoms with Gasteiger partial charge in [0.2, 0.25) is 11.9 Å². The summed E-state index contributed by atoms with van der Waals surface area (Å²) in [6.45, 7) is 3.62. The summed E-state index contributed by atoms with van der Waals surface area (Å²) in [5.74, 6) is -0.275. The SMILES string of the molecule is Cc1cnn(C(C)C(=O)Nc2ccc(S(=O)(=O)Nc3ncccn3)cc2)c1. The van der Waals surface area contributed by atoms with E-state index in [2.05, 4.69) is 25.1 Å². The van der Waals surface area contributed by atoms with Gasteiger partial charge < -0.3 is 5.32 Å². The van der Waals surface area contributed by atoms with Gasteiger partial charge in [-0.1, -0.05) is 0 Å². The third-order valence-electron chi connectivity index (χ3n) is 3.73. The molecule has 2 heterocycles. The van der Waals surface area contributed by atoms with Crippen LogP contribution < -0.4 is 10.0 Å². The largest absolute Gasteiger partial charge is 0.324 e. The Morgan fingerprint density at radius 3 is 2.41 bits per heavy atom. The Kier molecular flexibility index (Phi) is 5.17. The van der Waals surface area contributed by atoms with Crippen LogP contribution in [0.4, 0.5) is 11.6 Å². The number of rotatable bonds is 6. The highest BCUT2D eigenvalue weighted by Gasteiger charge is 2.18. The van der Waals surface area contributed by atoms with Crippen LogP contribution in [0.25, 0.3) is 0 Å². The molecular formula is C17H18N6O3S. The highest BCUT2D eigenvalue weighted by atomic mass is 32.2. The molecule has 9 nitrogen and oxygen atoms in total. The van der Waals surface area contributed by atoms with Crippen molar-refractivity contribution in [3.63, 3.8) is 0 Å². The second-order valence-corrected chi connectivity index (χ2v) is 7.55. The minimum atomic E-state index is -3.82. The van der Waals surface area contributed by atoms with Crippen LogP contribution in [0.2, 0.25) is 0 Å². The maximum Gasteiger partial charge on any atom is 0.264 e. The molecule has 0 saturated carbocycles. The average molecular weight is 386 g/mol. The minimum absolute atomic E-state index is 0.0155. The summed E-state index contributed by atoms with van der Waals surface area (Å²) >= 11 is 0. The van der Waals surface area contributed by atoms with Gasteiger partial charge in [-0.2, -0.15) is 5.10 Å². The van der Waals surface area contributed by atoms with Crippen LogP contribution in [-0.2, 0) is 14.8 Å². The maximum absolute atomic E-state index is 12.3. The monoisotopic (exact) mass is 386 g/mol. The van der Waals surface area contributed by atoms with Crippen molar-refractivity contribution in [2.75, 3.05) is 10.0 Å². The second-order valence-electron chi connectivity index (χ2n) is 5.87. The molecule has 1 atom stereocenters. The van der Waals surface area contributed by atoms with Crippen LogP contribution >= 0.6 is 0 Å². The molecule has 0 bridgehead atoms. The molecule has 2 N–H and O–H groups in total. The molecule has 1 aromatic carbocycles. The summed E-state index contributed by atoms with van der Waals surface area (Å²) in [7, 11) is -3.82. The predicted octanol–water partition coefficient (Wildman–Crippen LogP) is 1.98. The van der Waals surface area contributed by atoms with Gasteiger partial charge in [-0.15, -0.1) is 0 Å². The summed E-state index contributed by atoms with van der Waals surface area (Å²) in [6.07, 6.45) is 6.32. The Hall–Kier alpha value is -3.27. The smallest absolute Gasteiger partial charge is 0.264 e. The predicted molar refractivity (Wildman–Crippen MR) is 99.6 cm³/mol. The van der Waals surface area contributed by atoms with Crippen molar-refractivity contribution < 1.29 is 13.2 Å². The fraction of sp³-hybridized carbons (Fsp3) is 0.176. The standard InChI is InChI=1S/C17H18N6O3S/c1-12-10-20-23(11-12)13(2)16(24)21-14-4-6-15(7-5-14)27(25,26)22-17-18-8-3-9-19-17/h3-11,13H,1-2H3,(H,21,24)(H,18,19,22). The fourth-order valence-corrected chi connectivity index (χ4v) is 3.22. The number of carbonyl (C=O) groups is 1. The van der Waals surface area contributed by atoms with Crippen LogP contribution in [0.1, 0.15) is 18.5 Å². The van der Waals surface area contributed by atoms with Crippen molar-refractivity contribution in [2.45, 2.75) is 24.8 Å². The minimum Gasteiger partial charge on any atom is -0.324 e. The molecule has 140 valence electrons. The van der Waals surface area contributed by atoms with E-state index in [0.29, 0.717) is 5.69 Å². The van der Waals surface area contributed by atoms with Gasteiger partial charge in [0.05, 0.1) is 11.1 Å². The van der Waals surface area contributed by atoms with Crippen LogP contribution in [-0.4, -0.2) is 34.1 Å². The topological polar surface area (TPSA) is 119 Å². The Labute approximate surface area is 156 Å².